The molecule has 2 aromatic rings. The number of halogens is 1. The fourth-order valence-electron chi connectivity index (χ4n) is 1.59. The summed E-state index contributed by atoms with van der Waals surface area (Å²) in [5.41, 5.74) is 8.33. The maximum atomic E-state index is 10.3. The number of benzene rings is 1. The van der Waals surface area contributed by atoms with Gasteiger partial charge in [-0.05, 0) is 42.1 Å². The summed E-state index contributed by atoms with van der Waals surface area (Å²) in [6.07, 6.45) is -0.641. The molecule has 0 fully saturated rings. The molecular weight excluding hydrogens is 286 g/mol. The second kappa shape index (κ2) is 4.57. The predicted octanol–water partition coefficient (Wildman–Crippen LogP) is 3.48. The van der Waals surface area contributed by atoms with Gasteiger partial charge < -0.3 is 10.8 Å². The van der Waals surface area contributed by atoms with E-state index in [0.717, 1.165) is 20.5 Å². The van der Waals surface area contributed by atoms with Crippen LogP contribution in [0.2, 0.25) is 0 Å². The second-order valence-electron chi connectivity index (χ2n) is 3.64. The summed E-state index contributed by atoms with van der Waals surface area (Å²) in [5, 5.41) is 12.3. The minimum absolute atomic E-state index is 0.614. The van der Waals surface area contributed by atoms with Crippen molar-refractivity contribution in [1.29, 1.82) is 0 Å². The molecule has 0 saturated carbocycles. The average Bonchev–Trinajstić information content (AvgIpc) is 2.67. The summed E-state index contributed by atoms with van der Waals surface area (Å²) in [4.78, 5) is 0.949. The number of aryl methyl sites for hydroxylation is 1. The van der Waals surface area contributed by atoms with Gasteiger partial charge in [0.1, 0.15) is 6.10 Å². The van der Waals surface area contributed by atoms with E-state index in [-0.39, 0.29) is 0 Å². The highest BCUT2D eigenvalue weighted by Gasteiger charge is 2.16. The van der Waals surface area contributed by atoms with Crippen molar-refractivity contribution >= 4 is 33.0 Å². The van der Waals surface area contributed by atoms with Crippen molar-refractivity contribution in [2.75, 3.05) is 5.73 Å². The van der Waals surface area contributed by atoms with Gasteiger partial charge in [-0.3, -0.25) is 0 Å². The van der Waals surface area contributed by atoms with Crippen molar-refractivity contribution in [2.24, 2.45) is 0 Å². The zero-order valence-electron chi connectivity index (χ0n) is 8.77. The third-order valence-corrected chi connectivity index (χ3v) is 4.06. The molecule has 0 radical (unpaired) electrons. The van der Waals surface area contributed by atoms with Crippen molar-refractivity contribution in [3.8, 4) is 0 Å². The van der Waals surface area contributed by atoms with Crippen LogP contribution in [-0.4, -0.2) is 5.11 Å². The summed E-state index contributed by atoms with van der Waals surface area (Å²) < 4.78 is 0.921. The van der Waals surface area contributed by atoms with Gasteiger partial charge in [-0.15, -0.1) is 11.3 Å². The lowest BCUT2D eigenvalue weighted by atomic mass is 10.0. The Morgan fingerprint density at radius 2 is 2.12 bits per heavy atom. The van der Waals surface area contributed by atoms with Gasteiger partial charge in [0.25, 0.3) is 0 Å². The molecule has 1 unspecified atom stereocenters. The molecule has 0 saturated heterocycles. The van der Waals surface area contributed by atoms with E-state index in [0.29, 0.717) is 5.69 Å². The second-order valence-corrected chi connectivity index (χ2v) is 5.51. The van der Waals surface area contributed by atoms with Crippen LogP contribution in [0.25, 0.3) is 0 Å². The van der Waals surface area contributed by atoms with Crippen LogP contribution in [0.3, 0.4) is 0 Å². The molecule has 1 atom stereocenters. The molecule has 2 nitrogen and oxygen atoms in total. The van der Waals surface area contributed by atoms with Gasteiger partial charge in [0.15, 0.2) is 0 Å². The SMILES string of the molecule is Cc1ccsc1C(O)c1cc(Br)ccc1N. The fourth-order valence-corrected chi connectivity index (χ4v) is 2.90. The van der Waals surface area contributed by atoms with Crippen LogP contribution in [0.1, 0.15) is 22.1 Å². The zero-order valence-corrected chi connectivity index (χ0v) is 11.2. The number of rotatable bonds is 2. The van der Waals surface area contributed by atoms with Crippen molar-refractivity contribution in [3.63, 3.8) is 0 Å². The van der Waals surface area contributed by atoms with Gasteiger partial charge in [-0.25, -0.2) is 0 Å². The number of thiophene rings is 1. The lowest BCUT2D eigenvalue weighted by Crippen LogP contribution is -2.03. The third-order valence-electron chi connectivity index (χ3n) is 2.49. The average molecular weight is 298 g/mol. The van der Waals surface area contributed by atoms with Crippen LogP contribution in [0, 0.1) is 6.92 Å². The molecular formula is C12H12BrNOS. The number of nitrogens with two attached hydrogens (primary N) is 1. The fraction of sp³-hybridized carbons (Fsp3) is 0.167. The van der Waals surface area contributed by atoms with E-state index in [9.17, 15) is 5.11 Å². The summed E-state index contributed by atoms with van der Waals surface area (Å²) in [6, 6.07) is 7.52. The van der Waals surface area contributed by atoms with Crippen molar-refractivity contribution < 1.29 is 5.11 Å². The molecule has 1 heterocycles. The lowest BCUT2D eigenvalue weighted by Gasteiger charge is -2.13. The van der Waals surface area contributed by atoms with E-state index in [1.165, 1.54) is 0 Å². The minimum Gasteiger partial charge on any atom is -0.398 e. The maximum absolute atomic E-state index is 10.3. The first-order valence-electron chi connectivity index (χ1n) is 4.86. The summed E-state index contributed by atoms with van der Waals surface area (Å²) in [6.45, 7) is 1.99. The van der Waals surface area contributed by atoms with Crippen LogP contribution in [-0.2, 0) is 0 Å². The van der Waals surface area contributed by atoms with Crippen molar-refractivity contribution in [2.45, 2.75) is 13.0 Å². The smallest absolute Gasteiger partial charge is 0.115 e. The zero-order chi connectivity index (χ0) is 11.7. The maximum Gasteiger partial charge on any atom is 0.115 e. The van der Waals surface area contributed by atoms with E-state index >= 15 is 0 Å². The topological polar surface area (TPSA) is 46.2 Å². The van der Waals surface area contributed by atoms with Gasteiger partial charge >= 0.3 is 0 Å². The summed E-state index contributed by atoms with van der Waals surface area (Å²) >= 11 is 4.93. The molecule has 0 aliphatic rings. The number of nitrogen functional groups attached to an aromatic ring is 1. The first-order valence-corrected chi connectivity index (χ1v) is 6.54. The van der Waals surface area contributed by atoms with E-state index in [1.54, 1.807) is 17.4 Å². The molecule has 84 valence electrons. The van der Waals surface area contributed by atoms with E-state index in [1.807, 2.05) is 30.5 Å². The third kappa shape index (κ3) is 2.14. The van der Waals surface area contributed by atoms with Crippen molar-refractivity contribution in [1.82, 2.24) is 0 Å². The standard InChI is InChI=1S/C12H12BrNOS/c1-7-4-5-16-12(7)11(15)9-6-8(13)2-3-10(9)14/h2-6,11,15H,14H2,1H3. The summed E-state index contributed by atoms with van der Waals surface area (Å²) in [7, 11) is 0. The number of anilines is 1. The molecule has 1 aromatic carbocycles. The normalized spacial score (nSPS) is 12.7. The molecule has 2 rings (SSSR count). The first kappa shape index (κ1) is 11.6. The van der Waals surface area contributed by atoms with E-state index in [4.69, 9.17) is 5.73 Å². The molecule has 1 aromatic heterocycles. The van der Waals surface area contributed by atoms with Gasteiger partial charge in [0.05, 0.1) is 0 Å². The van der Waals surface area contributed by atoms with Crippen molar-refractivity contribution in [3.05, 3.63) is 50.1 Å². The Bertz CT molecular complexity index is 509. The molecule has 3 N–H and O–H groups in total. The van der Waals surface area contributed by atoms with Gasteiger partial charge in [0.2, 0.25) is 0 Å². The monoisotopic (exact) mass is 297 g/mol. The Kier molecular flexibility index (Phi) is 3.33. The Labute approximate surface area is 107 Å². The van der Waals surface area contributed by atoms with E-state index in [2.05, 4.69) is 15.9 Å². The van der Waals surface area contributed by atoms with Crippen LogP contribution in [0.15, 0.2) is 34.1 Å². The molecule has 16 heavy (non-hydrogen) atoms. The molecule has 4 heteroatoms. The van der Waals surface area contributed by atoms with Crippen LogP contribution in [0.5, 0.6) is 0 Å². The number of hydrogen-bond donors (Lipinski definition) is 2. The number of aliphatic hydroxyl groups is 1. The molecule has 0 spiro atoms. The largest absolute Gasteiger partial charge is 0.398 e. The van der Waals surface area contributed by atoms with Crippen LogP contribution in [0.4, 0.5) is 5.69 Å². The van der Waals surface area contributed by atoms with Gasteiger partial charge in [-0.1, -0.05) is 15.9 Å². The summed E-state index contributed by atoms with van der Waals surface area (Å²) in [5.74, 6) is 0. The molecule has 0 amide bonds. The van der Waals surface area contributed by atoms with E-state index < -0.39 is 6.10 Å². The first-order chi connectivity index (χ1) is 7.59. The highest BCUT2D eigenvalue weighted by Crippen LogP contribution is 2.33. The lowest BCUT2D eigenvalue weighted by molar-refractivity contribution is 0.224. The van der Waals surface area contributed by atoms with Gasteiger partial charge in [0, 0.05) is 20.6 Å². The quantitative estimate of drug-likeness (QED) is 0.834. The Morgan fingerprint density at radius 3 is 2.75 bits per heavy atom. The number of hydrogen-bond acceptors (Lipinski definition) is 3. The molecule has 0 aliphatic heterocycles. The van der Waals surface area contributed by atoms with Gasteiger partial charge in [-0.2, -0.15) is 0 Å². The highest BCUT2D eigenvalue weighted by atomic mass is 79.9. The Balaban J connectivity index is 2.45. The highest BCUT2D eigenvalue weighted by molar-refractivity contribution is 9.10. The minimum atomic E-state index is -0.641. The number of aliphatic hydroxyl groups excluding tert-OH is 1. The van der Waals surface area contributed by atoms with Crippen LogP contribution >= 0.6 is 27.3 Å². The predicted molar refractivity (Wildman–Crippen MR) is 71.7 cm³/mol. The Morgan fingerprint density at radius 1 is 1.38 bits per heavy atom. The Hall–Kier alpha value is -0.840. The molecule has 0 aliphatic carbocycles. The van der Waals surface area contributed by atoms with Crippen LogP contribution < -0.4 is 5.73 Å². The molecule has 0 bridgehead atoms.